The van der Waals surface area contributed by atoms with Gasteiger partial charge >= 0.3 is 0 Å². The van der Waals surface area contributed by atoms with Gasteiger partial charge in [0, 0.05) is 17.6 Å². The van der Waals surface area contributed by atoms with Crippen molar-refractivity contribution in [3.05, 3.63) is 22.0 Å². The summed E-state index contributed by atoms with van der Waals surface area (Å²) in [6, 6.07) is 0. The number of halogens is 1. The Morgan fingerprint density at radius 3 is 2.76 bits per heavy atom. The topological polar surface area (TPSA) is 42.9 Å². The molecule has 0 atom stereocenters. The third-order valence-electron chi connectivity index (χ3n) is 2.77. The fourth-order valence-corrected chi connectivity index (χ4v) is 2.91. The fourth-order valence-electron chi connectivity index (χ4n) is 1.98. The summed E-state index contributed by atoms with van der Waals surface area (Å²) in [5.74, 6) is 0.906. The van der Waals surface area contributed by atoms with Crippen LogP contribution in [0.4, 0.5) is 0 Å². The number of aromatic nitrogens is 2. The van der Waals surface area contributed by atoms with Gasteiger partial charge in [0.25, 0.3) is 0 Å². The lowest BCUT2D eigenvalue weighted by Gasteiger charge is -2.04. The first-order valence-electron chi connectivity index (χ1n) is 5.58. The minimum atomic E-state index is 0.400. The smallest absolute Gasteiger partial charge is 0.189 e. The second kappa shape index (κ2) is 5.19. The Balaban J connectivity index is 2.50. The second-order valence-electron chi connectivity index (χ2n) is 3.72. The second-order valence-corrected chi connectivity index (χ2v) is 5.31. The number of hydrogen-bond acceptors (Lipinski definition) is 4. The number of hydrogen-bond donors (Lipinski definition) is 0. The summed E-state index contributed by atoms with van der Waals surface area (Å²) in [4.78, 5) is 19.8. The van der Waals surface area contributed by atoms with Gasteiger partial charge < -0.3 is 0 Å². The maximum Gasteiger partial charge on any atom is 0.189 e. The minimum Gasteiger partial charge on any atom is -0.298 e. The highest BCUT2D eigenvalue weighted by Gasteiger charge is 2.25. The fraction of sp³-hybridized carbons (Fsp3) is 0.417. The molecule has 3 nitrogen and oxygen atoms in total. The van der Waals surface area contributed by atoms with Crippen LogP contribution in [0.3, 0.4) is 0 Å². The normalized spacial score (nSPS) is 14.1. The molecule has 0 spiro atoms. The zero-order chi connectivity index (χ0) is 12.4. The van der Waals surface area contributed by atoms with Gasteiger partial charge in [-0.15, -0.1) is 0 Å². The van der Waals surface area contributed by atoms with Gasteiger partial charge in [0.15, 0.2) is 11.4 Å². The van der Waals surface area contributed by atoms with Gasteiger partial charge in [-0.25, -0.2) is 9.97 Å². The van der Waals surface area contributed by atoms with Gasteiger partial charge in [0.05, 0.1) is 5.69 Å². The summed E-state index contributed by atoms with van der Waals surface area (Å²) < 4.78 is 0. The summed E-state index contributed by atoms with van der Waals surface area (Å²) in [6.07, 6.45) is 2.43. The maximum absolute atomic E-state index is 11.1. The Labute approximate surface area is 110 Å². The predicted octanol–water partition coefficient (Wildman–Crippen LogP) is 3.16. The highest BCUT2D eigenvalue weighted by Crippen LogP contribution is 2.36. The van der Waals surface area contributed by atoms with Gasteiger partial charge in [0.1, 0.15) is 5.15 Å². The van der Waals surface area contributed by atoms with Crippen LogP contribution in [-0.4, -0.2) is 22.0 Å². The molecule has 1 aromatic heterocycles. The van der Waals surface area contributed by atoms with Crippen molar-refractivity contribution in [3.63, 3.8) is 0 Å². The highest BCUT2D eigenvalue weighted by atomic mass is 35.5. The van der Waals surface area contributed by atoms with Gasteiger partial charge in [-0.2, -0.15) is 0 Å². The summed E-state index contributed by atoms with van der Waals surface area (Å²) in [6.45, 7) is 4.08. The van der Waals surface area contributed by atoms with Crippen molar-refractivity contribution in [2.45, 2.75) is 31.8 Å². The summed E-state index contributed by atoms with van der Waals surface area (Å²) in [5.41, 5.74) is 3.41. The molecule has 1 aromatic rings. The predicted molar refractivity (Wildman–Crippen MR) is 70.4 cm³/mol. The van der Waals surface area contributed by atoms with E-state index in [1.165, 1.54) is 0 Å². The molecule has 0 aliphatic heterocycles. The first-order chi connectivity index (χ1) is 8.21. The lowest BCUT2D eigenvalue weighted by atomic mass is 10.1. The number of carbonyl (C=O) groups excluding carboxylic acids is 1. The minimum absolute atomic E-state index is 0.400. The van der Waals surface area contributed by atoms with Crippen LogP contribution in [0.5, 0.6) is 0 Å². The lowest BCUT2D eigenvalue weighted by Crippen LogP contribution is -1.98. The van der Waals surface area contributed by atoms with Crippen LogP contribution in [0, 0.1) is 0 Å². The standard InChI is InChI=1S/C12H13ClN2OS/c1-3-7-5-9-10(8(7)6-16)11(13)15-12(14-9)17-4-2/h6H,3-5H2,1-2H3. The lowest BCUT2D eigenvalue weighted by molar-refractivity contribution is -0.103. The quantitative estimate of drug-likeness (QED) is 0.364. The molecule has 1 aliphatic carbocycles. The van der Waals surface area contributed by atoms with E-state index in [9.17, 15) is 4.79 Å². The van der Waals surface area contributed by atoms with Crippen molar-refractivity contribution in [2.24, 2.45) is 0 Å². The first kappa shape index (κ1) is 12.6. The molecule has 1 aliphatic rings. The Morgan fingerprint density at radius 1 is 1.41 bits per heavy atom. The van der Waals surface area contributed by atoms with E-state index in [1.54, 1.807) is 11.8 Å². The molecule has 5 heteroatoms. The molecular formula is C12H13ClN2OS. The van der Waals surface area contributed by atoms with E-state index in [2.05, 4.69) is 9.97 Å². The third kappa shape index (κ3) is 2.24. The Kier molecular flexibility index (Phi) is 3.84. The monoisotopic (exact) mass is 268 g/mol. The van der Waals surface area contributed by atoms with Gasteiger partial charge in [-0.1, -0.05) is 42.8 Å². The Morgan fingerprint density at radius 2 is 2.18 bits per heavy atom. The van der Waals surface area contributed by atoms with E-state index in [-0.39, 0.29) is 0 Å². The summed E-state index contributed by atoms with van der Waals surface area (Å²) >= 11 is 7.71. The number of rotatable bonds is 4. The van der Waals surface area contributed by atoms with Crippen molar-refractivity contribution in [1.82, 2.24) is 9.97 Å². The largest absolute Gasteiger partial charge is 0.298 e. The van der Waals surface area contributed by atoms with Crippen molar-refractivity contribution < 1.29 is 4.79 Å². The Bertz CT molecular complexity index is 500. The maximum atomic E-state index is 11.1. The average Bonchev–Trinajstić information content (AvgIpc) is 2.67. The molecule has 0 amide bonds. The first-order valence-corrected chi connectivity index (χ1v) is 6.94. The molecule has 0 unspecified atom stereocenters. The SMILES string of the molecule is CCSc1nc(Cl)c2c(n1)CC(CC)=C2C=O. The molecule has 1 heterocycles. The van der Waals surface area contributed by atoms with Crippen LogP contribution in [0.25, 0.3) is 5.57 Å². The number of carbonyl (C=O) groups is 1. The molecule has 0 fully saturated rings. The van der Waals surface area contributed by atoms with E-state index < -0.39 is 0 Å². The van der Waals surface area contributed by atoms with E-state index in [1.807, 2.05) is 13.8 Å². The van der Waals surface area contributed by atoms with Crippen LogP contribution in [0.1, 0.15) is 31.5 Å². The van der Waals surface area contributed by atoms with Crippen molar-refractivity contribution >= 4 is 35.2 Å². The third-order valence-corrected chi connectivity index (χ3v) is 3.77. The van der Waals surface area contributed by atoms with Crippen LogP contribution < -0.4 is 0 Å². The van der Waals surface area contributed by atoms with Crippen molar-refractivity contribution in [2.75, 3.05) is 5.75 Å². The molecule has 0 saturated heterocycles. The summed E-state index contributed by atoms with van der Waals surface area (Å²) in [7, 11) is 0. The van der Waals surface area contributed by atoms with Crippen LogP contribution in [0.15, 0.2) is 10.7 Å². The van der Waals surface area contributed by atoms with Gasteiger partial charge in [-0.3, -0.25) is 4.79 Å². The molecule has 0 bridgehead atoms. The molecule has 2 rings (SSSR count). The summed E-state index contributed by atoms with van der Waals surface area (Å²) in [5, 5.41) is 1.09. The average molecular weight is 269 g/mol. The number of nitrogens with zero attached hydrogens (tertiary/aromatic N) is 2. The number of allylic oxidation sites excluding steroid dienone is 2. The van der Waals surface area contributed by atoms with Crippen LogP contribution >= 0.6 is 23.4 Å². The van der Waals surface area contributed by atoms with Gasteiger partial charge in [-0.05, 0) is 12.2 Å². The highest BCUT2D eigenvalue weighted by molar-refractivity contribution is 7.99. The van der Waals surface area contributed by atoms with Crippen LogP contribution in [-0.2, 0) is 11.2 Å². The molecular weight excluding hydrogens is 256 g/mol. The molecule has 0 N–H and O–H groups in total. The number of fused-ring (bicyclic) bond motifs is 1. The van der Waals surface area contributed by atoms with E-state index in [0.29, 0.717) is 15.9 Å². The Hall–Kier alpha value is -0.870. The zero-order valence-electron chi connectivity index (χ0n) is 9.79. The molecule has 90 valence electrons. The van der Waals surface area contributed by atoms with E-state index >= 15 is 0 Å². The van der Waals surface area contributed by atoms with Crippen molar-refractivity contribution in [3.8, 4) is 0 Å². The number of thioether (sulfide) groups is 1. The van der Waals surface area contributed by atoms with Crippen molar-refractivity contribution in [1.29, 1.82) is 0 Å². The van der Waals surface area contributed by atoms with Gasteiger partial charge in [0.2, 0.25) is 0 Å². The van der Waals surface area contributed by atoms with Crippen LogP contribution in [0.2, 0.25) is 5.15 Å². The molecule has 0 radical (unpaired) electrons. The molecule has 0 saturated carbocycles. The van der Waals surface area contributed by atoms with E-state index in [0.717, 1.165) is 41.7 Å². The number of aldehydes is 1. The molecule has 17 heavy (non-hydrogen) atoms. The zero-order valence-corrected chi connectivity index (χ0v) is 11.4. The molecule has 0 aromatic carbocycles. The van der Waals surface area contributed by atoms with E-state index in [4.69, 9.17) is 11.6 Å².